The molecule has 1 aromatic carbocycles. The van der Waals surface area contributed by atoms with Crippen molar-refractivity contribution in [3.63, 3.8) is 0 Å². The molecule has 1 atom stereocenters. The van der Waals surface area contributed by atoms with Gasteiger partial charge in [0.1, 0.15) is 0 Å². The molecule has 2 amide bonds. The molecule has 3 N–H and O–H groups in total. The summed E-state index contributed by atoms with van der Waals surface area (Å²) in [6.07, 6.45) is 4.25. The SMILES string of the molecule is CN(C)c1ccccc1NC(=O)NCCCCN1CCCC1CO. The van der Waals surface area contributed by atoms with E-state index in [9.17, 15) is 9.90 Å². The minimum atomic E-state index is -0.168. The highest BCUT2D eigenvalue weighted by Gasteiger charge is 2.22. The standard InChI is InChI=1S/C18H30N4O2/c1-21(2)17-10-4-3-9-16(17)20-18(24)19-11-5-6-12-22-13-7-8-15(22)14-23/h3-4,9-10,15,23H,5-8,11-14H2,1-2H3,(H2,19,20,24). The molecule has 6 heteroatoms. The summed E-state index contributed by atoms with van der Waals surface area (Å²) in [4.78, 5) is 16.4. The molecule has 1 aromatic rings. The second-order valence-corrected chi connectivity index (χ2v) is 6.51. The Balaban J connectivity index is 1.65. The van der Waals surface area contributed by atoms with E-state index in [2.05, 4.69) is 15.5 Å². The smallest absolute Gasteiger partial charge is 0.319 e. The summed E-state index contributed by atoms with van der Waals surface area (Å²) in [5.74, 6) is 0. The van der Waals surface area contributed by atoms with Crippen molar-refractivity contribution in [2.75, 3.05) is 50.6 Å². The number of benzene rings is 1. The fourth-order valence-corrected chi connectivity index (χ4v) is 3.17. The zero-order chi connectivity index (χ0) is 17.4. The van der Waals surface area contributed by atoms with Crippen molar-refractivity contribution < 1.29 is 9.90 Å². The molecule has 1 aliphatic rings. The highest BCUT2D eigenvalue weighted by Crippen LogP contribution is 2.23. The van der Waals surface area contributed by atoms with Gasteiger partial charge >= 0.3 is 6.03 Å². The Morgan fingerprint density at radius 1 is 1.33 bits per heavy atom. The summed E-state index contributed by atoms with van der Waals surface area (Å²) in [5, 5.41) is 15.1. The van der Waals surface area contributed by atoms with E-state index in [1.54, 1.807) is 0 Å². The Kier molecular flexibility index (Phi) is 7.34. The number of rotatable bonds is 8. The maximum absolute atomic E-state index is 12.0. The Labute approximate surface area is 144 Å². The molecular formula is C18H30N4O2. The van der Waals surface area contributed by atoms with Gasteiger partial charge < -0.3 is 20.6 Å². The van der Waals surface area contributed by atoms with Crippen LogP contribution in [0, 0.1) is 0 Å². The highest BCUT2D eigenvalue weighted by atomic mass is 16.3. The molecule has 2 rings (SSSR count). The number of nitrogens with zero attached hydrogens (tertiary/aromatic N) is 2. The van der Waals surface area contributed by atoms with Gasteiger partial charge in [-0.1, -0.05) is 12.1 Å². The number of unbranched alkanes of at least 4 members (excludes halogenated alkanes) is 1. The third kappa shape index (κ3) is 5.39. The summed E-state index contributed by atoms with van der Waals surface area (Å²) in [6, 6.07) is 7.91. The zero-order valence-corrected chi connectivity index (χ0v) is 14.8. The molecule has 6 nitrogen and oxygen atoms in total. The van der Waals surface area contributed by atoms with Crippen LogP contribution in [0.4, 0.5) is 16.2 Å². The number of urea groups is 1. The average Bonchev–Trinajstić information content (AvgIpc) is 3.02. The zero-order valence-electron chi connectivity index (χ0n) is 14.8. The second kappa shape index (κ2) is 9.49. The topological polar surface area (TPSA) is 67.8 Å². The van der Waals surface area contributed by atoms with E-state index in [1.165, 1.54) is 6.42 Å². The van der Waals surface area contributed by atoms with Gasteiger partial charge in [0.05, 0.1) is 18.0 Å². The molecule has 0 radical (unpaired) electrons. The molecule has 0 aliphatic carbocycles. The van der Waals surface area contributed by atoms with Gasteiger partial charge in [-0.15, -0.1) is 0 Å². The summed E-state index contributed by atoms with van der Waals surface area (Å²) in [6.45, 7) is 3.00. The van der Waals surface area contributed by atoms with Gasteiger partial charge in [0.15, 0.2) is 0 Å². The Morgan fingerprint density at radius 3 is 2.88 bits per heavy atom. The molecule has 1 heterocycles. The predicted molar refractivity (Wildman–Crippen MR) is 98.7 cm³/mol. The Bertz CT molecular complexity index is 521. The third-order valence-electron chi connectivity index (χ3n) is 4.50. The fourth-order valence-electron chi connectivity index (χ4n) is 3.17. The van der Waals surface area contributed by atoms with Gasteiger partial charge in [-0.05, 0) is 50.9 Å². The van der Waals surface area contributed by atoms with Crippen molar-refractivity contribution in [1.82, 2.24) is 10.2 Å². The number of amides is 2. The van der Waals surface area contributed by atoms with Gasteiger partial charge in [0.25, 0.3) is 0 Å². The molecule has 1 aliphatic heterocycles. The predicted octanol–water partition coefficient (Wildman–Crippen LogP) is 2.11. The van der Waals surface area contributed by atoms with Crippen molar-refractivity contribution in [3.8, 4) is 0 Å². The number of hydrogen-bond acceptors (Lipinski definition) is 4. The first-order chi connectivity index (χ1) is 11.6. The van der Waals surface area contributed by atoms with E-state index >= 15 is 0 Å². The van der Waals surface area contributed by atoms with Crippen molar-refractivity contribution in [2.24, 2.45) is 0 Å². The van der Waals surface area contributed by atoms with E-state index in [1.807, 2.05) is 43.3 Å². The summed E-state index contributed by atoms with van der Waals surface area (Å²) in [7, 11) is 3.91. The van der Waals surface area contributed by atoms with Crippen LogP contribution < -0.4 is 15.5 Å². The van der Waals surface area contributed by atoms with E-state index in [0.717, 1.165) is 43.7 Å². The quantitative estimate of drug-likeness (QED) is 0.637. The first kappa shape index (κ1) is 18.5. The summed E-state index contributed by atoms with van der Waals surface area (Å²) >= 11 is 0. The van der Waals surface area contributed by atoms with Gasteiger partial charge in [-0.3, -0.25) is 4.90 Å². The molecular weight excluding hydrogens is 304 g/mol. The van der Waals surface area contributed by atoms with Crippen LogP contribution in [-0.4, -0.2) is 62.4 Å². The van der Waals surface area contributed by atoms with Crippen molar-refractivity contribution >= 4 is 17.4 Å². The number of nitrogens with one attached hydrogen (secondary N) is 2. The molecule has 1 unspecified atom stereocenters. The van der Waals surface area contributed by atoms with Crippen molar-refractivity contribution in [3.05, 3.63) is 24.3 Å². The van der Waals surface area contributed by atoms with Crippen molar-refractivity contribution in [1.29, 1.82) is 0 Å². The van der Waals surface area contributed by atoms with Crippen LogP contribution in [0.3, 0.4) is 0 Å². The van der Waals surface area contributed by atoms with E-state index in [4.69, 9.17) is 0 Å². The van der Waals surface area contributed by atoms with E-state index < -0.39 is 0 Å². The largest absolute Gasteiger partial charge is 0.395 e. The van der Waals surface area contributed by atoms with Crippen LogP contribution in [0.25, 0.3) is 0 Å². The highest BCUT2D eigenvalue weighted by molar-refractivity contribution is 5.93. The maximum Gasteiger partial charge on any atom is 0.319 e. The lowest BCUT2D eigenvalue weighted by Crippen LogP contribution is -2.34. The van der Waals surface area contributed by atoms with Crippen LogP contribution in [0.1, 0.15) is 25.7 Å². The van der Waals surface area contributed by atoms with Crippen LogP contribution in [0.15, 0.2) is 24.3 Å². The Morgan fingerprint density at radius 2 is 2.12 bits per heavy atom. The number of hydrogen-bond donors (Lipinski definition) is 3. The van der Waals surface area contributed by atoms with E-state index in [0.29, 0.717) is 12.6 Å². The Hall–Kier alpha value is -1.79. The van der Waals surface area contributed by atoms with Crippen LogP contribution >= 0.6 is 0 Å². The normalized spacial score (nSPS) is 17.7. The molecule has 0 spiro atoms. The molecule has 1 fully saturated rings. The molecule has 1 saturated heterocycles. The van der Waals surface area contributed by atoms with Gasteiger partial charge in [-0.25, -0.2) is 4.79 Å². The van der Waals surface area contributed by atoms with Crippen molar-refractivity contribution in [2.45, 2.75) is 31.7 Å². The lowest BCUT2D eigenvalue weighted by atomic mass is 10.2. The fraction of sp³-hybridized carbons (Fsp3) is 0.611. The number of likely N-dealkylation sites (tertiary alicyclic amines) is 1. The van der Waals surface area contributed by atoms with Crippen LogP contribution in [0.2, 0.25) is 0 Å². The van der Waals surface area contributed by atoms with Crippen LogP contribution in [0.5, 0.6) is 0 Å². The summed E-state index contributed by atoms with van der Waals surface area (Å²) < 4.78 is 0. The summed E-state index contributed by atoms with van der Waals surface area (Å²) in [5.41, 5.74) is 1.79. The first-order valence-corrected chi connectivity index (χ1v) is 8.78. The number of para-hydroxylation sites is 2. The number of carbonyl (C=O) groups is 1. The number of aliphatic hydroxyl groups is 1. The molecule has 0 saturated carbocycles. The second-order valence-electron chi connectivity index (χ2n) is 6.51. The lowest BCUT2D eigenvalue weighted by Gasteiger charge is -2.22. The molecule has 134 valence electrons. The van der Waals surface area contributed by atoms with Gasteiger partial charge in [0, 0.05) is 26.7 Å². The average molecular weight is 334 g/mol. The number of anilines is 2. The van der Waals surface area contributed by atoms with Crippen LogP contribution in [-0.2, 0) is 0 Å². The maximum atomic E-state index is 12.0. The first-order valence-electron chi connectivity index (χ1n) is 8.78. The van der Waals surface area contributed by atoms with Gasteiger partial charge in [-0.2, -0.15) is 0 Å². The minimum absolute atomic E-state index is 0.168. The minimum Gasteiger partial charge on any atom is -0.395 e. The molecule has 0 bridgehead atoms. The molecule has 24 heavy (non-hydrogen) atoms. The lowest BCUT2D eigenvalue weighted by molar-refractivity contribution is 0.157. The molecule has 0 aromatic heterocycles. The van der Waals surface area contributed by atoms with Gasteiger partial charge in [0.2, 0.25) is 0 Å². The van der Waals surface area contributed by atoms with E-state index in [-0.39, 0.29) is 12.6 Å². The number of carbonyl (C=O) groups excluding carboxylic acids is 1. The monoisotopic (exact) mass is 334 g/mol. The third-order valence-corrected chi connectivity index (χ3v) is 4.50. The number of aliphatic hydroxyl groups excluding tert-OH is 1.